The minimum atomic E-state index is 0.343. The number of hydrogen-bond donors (Lipinski definition) is 0. The number of amidine groups is 1. The number of aliphatic imine (C=N–C) groups is 1. The normalized spacial score (nSPS) is 32.0. The molecule has 1 fully saturated rings. The molecular formula is C12H23BN2. The number of nitrogens with zero attached hydrogens (tertiary/aromatic N) is 2. The van der Waals surface area contributed by atoms with E-state index in [9.17, 15) is 0 Å². The molecule has 0 N–H and O–H groups in total. The molecule has 0 spiro atoms. The van der Waals surface area contributed by atoms with Gasteiger partial charge in [0.15, 0.2) is 0 Å². The van der Waals surface area contributed by atoms with Crippen molar-refractivity contribution in [2.45, 2.75) is 51.4 Å². The fourth-order valence-electron chi connectivity index (χ4n) is 2.79. The van der Waals surface area contributed by atoms with Gasteiger partial charge in [-0.25, -0.2) is 0 Å². The molecule has 0 amide bonds. The largest absolute Gasteiger partial charge is 0.360 e. The Bertz CT molecular complexity index is 228. The van der Waals surface area contributed by atoms with Crippen LogP contribution in [0.5, 0.6) is 0 Å². The van der Waals surface area contributed by atoms with Crippen LogP contribution in [0.1, 0.15) is 39.5 Å². The predicted molar refractivity (Wildman–Crippen MR) is 67.7 cm³/mol. The van der Waals surface area contributed by atoms with Crippen LogP contribution in [0.3, 0.4) is 0 Å². The second-order valence-electron chi connectivity index (χ2n) is 4.50. The molecule has 3 unspecified atom stereocenters. The van der Waals surface area contributed by atoms with Gasteiger partial charge in [-0.1, -0.05) is 26.1 Å². The highest BCUT2D eigenvalue weighted by molar-refractivity contribution is 6.11. The molecule has 0 bridgehead atoms. The Balaban J connectivity index is 2.77. The van der Waals surface area contributed by atoms with Crippen LogP contribution in [-0.2, 0) is 0 Å². The van der Waals surface area contributed by atoms with Crippen molar-refractivity contribution >= 4 is 13.7 Å². The van der Waals surface area contributed by atoms with Gasteiger partial charge >= 0.3 is 0 Å². The van der Waals surface area contributed by atoms with Crippen molar-refractivity contribution in [1.29, 1.82) is 0 Å². The summed E-state index contributed by atoms with van der Waals surface area (Å²) in [6.45, 7) is 4.43. The second-order valence-corrected chi connectivity index (χ2v) is 4.50. The lowest BCUT2D eigenvalue weighted by Gasteiger charge is -2.43. The van der Waals surface area contributed by atoms with Crippen molar-refractivity contribution in [1.82, 2.24) is 4.90 Å². The van der Waals surface area contributed by atoms with Gasteiger partial charge in [0.2, 0.25) is 0 Å². The summed E-state index contributed by atoms with van der Waals surface area (Å²) in [4.78, 5) is 6.69. The molecule has 1 aliphatic heterocycles. The van der Waals surface area contributed by atoms with Crippen molar-refractivity contribution in [3.8, 4) is 0 Å². The van der Waals surface area contributed by atoms with Crippen LogP contribution < -0.4 is 0 Å². The lowest BCUT2D eigenvalue weighted by Crippen LogP contribution is -2.47. The Morgan fingerprint density at radius 3 is 2.67 bits per heavy atom. The van der Waals surface area contributed by atoms with Gasteiger partial charge in [-0.3, -0.25) is 4.99 Å². The van der Waals surface area contributed by atoms with Crippen molar-refractivity contribution in [2.75, 3.05) is 14.1 Å². The molecule has 2 radical (unpaired) electrons. The molecule has 2 nitrogen and oxygen atoms in total. The van der Waals surface area contributed by atoms with Crippen molar-refractivity contribution in [3.63, 3.8) is 0 Å². The number of likely N-dealkylation sites (tertiary alicyclic amines) is 1. The fraction of sp³-hybridized carbons (Fsp3) is 0.917. The molecule has 0 aromatic carbocycles. The summed E-state index contributed by atoms with van der Waals surface area (Å²) in [5.74, 6) is 2.22. The summed E-state index contributed by atoms with van der Waals surface area (Å²) in [7, 11) is 10.2. The van der Waals surface area contributed by atoms with Gasteiger partial charge < -0.3 is 4.90 Å². The Kier molecular flexibility index (Phi) is 4.68. The Morgan fingerprint density at radius 2 is 2.20 bits per heavy atom. The lowest BCUT2D eigenvalue weighted by atomic mass is 9.67. The predicted octanol–water partition coefficient (Wildman–Crippen LogP) is 2.50. The molecule has 0 aromatic rings. The first-order valence-electron chi connectivity index (χ1n) is 6.09. The van der Waals surface area contributed by atoms with E-state index in [0.29, 0.717) is 17.8 Å². The SMILES string of the molecule is [B]C(CC)C1CCC(=NC)N(C)C1CC. The Labute approximate surface area is 95.6 Å². The minimum Gasteiger partial charge on any atom is -0.360 e. The smallest absolute Gasteiger partial charge is 0.0985 e. The zero-order chi connectivity index (χ0) is 11.4. The molecule has 1 saturated heterocycles. The molecule has 1 rings (SSSR count). The van der Waals surface area contributed by atoms with E-state index < -0.39 is 0 Å². The fourth-order valence-corrected chi connectivity index (χ4v) is 2.79. The van der Waals surface area contributed by atoms with Gasteiger partial charge in [0.05, 0.1) is 13.7 Å². The van der Waals surface area contributed by atoms with Crippen LogP contribution in [-0.4, -0.2) is 38.7 Å². The van der Waals surface area contributed by atoms with E-state index in [2.05, 4.69) is 30.8 Å². The van der Waals surface area contributed by atoms with Gasteiger partial charge in [-0.2, -0.15) is 0 Å². The van der Waals surface area contributed by atoms with Crippen LogP contribution in [0.4, 0.5) is 0 Å². The van der Waals surface area contributed by atoms with Gasteiger partial charge in [-0.05, 0) is 18.8 Å². The van der Waals surface area contributed by atoms with Crippen molar-refractivity contribution in [2.24, 2.45) is 10.9 Å². The highest BCUT2D eigenvalue weighted by Gasteiger charge is 2.32. The number of rotatable bonds is 3. The van der Waals surface area contributed by atoms with Gasteiger partial charge in [0, 0.05) is 26.6 Å². The van der Waals surface area contributed by atoms with Crippen LogP contribution >= 0.6 is 0 Å². The monoisotopic (exact) mass is 206 g/mol. The lowest BCUT2D eigenvalue weighted by molar-refractivity contribution is 0.199. The van der Waals surface area contributed by atoms with Crippen LogP contribution in [0, 0.1) is 5.92 Å². The first-order valence-corrected chi connectivity index (χ1v) is 6.09. The standard InChI is InChI=1S/C12H23BN2/c1-5-10(13)9-7-8-12(14-3)15(4)11(9)6-2/h9-11H,5-8H2,1-4H3. The summed E-state index contributed by atoms with van der Waals surface area (Å²) in [5.41, 5.74) is 0. The zero-order valence-electron chi connectivity index (χ0n) is 10.5. The summed E-state index contributed by atoms with van der Waals surface area (Å²) in [5, 5.41) is 0. The third-order valence-corrected chi connectivity index (χ3v) is 3.80. The average Bonchev–Trinajstić information content (AvgIpc) is 2.27. The summed E-state index contributed by atoms with van der Waals surface area (Å²) in [6.07, 6.45) is 4.52. The molecule has 84 valence electrons. The van der Waals surface area contributed by atoms with E-state index >= 15 is 0 Å². The first kappa shape index (κ1) is 12.6. The van der Waals surface area contributed by atoms with Crippen molar-refractivity contribution < 1.29 is 0 Å². The molecule has 1 heterocycles. The number of piperidine rings is 1. The maximum absolute atomic E-state index is 6.20. The van der Waals surface area contributed by atoms with Crippen LogP contribution in [0.25, 0.3) is 0 Å². The van der Waals surface area contributed by atoms with Gasteiger partial charge in [-0.15, -0.1) is 0 Å². The van der Waals surface area contributed by atoms with E-state index in [1.165, 1.54) is 12.3 Å². The topological polar surface area (TPSA) is 15.6 Å². The Morgan fingerprint density at radius 1 is 1.53 bits per heavy atom. The highest BCUT2D eigenvalue weighted by atomic mass is 15.2. The Hall–Kier alpha value is -0.465. The molecule has 0 aromatic heterocycles. The van der Waals surface area contributed by atoms with Crippen LogP contribution in [0.2, 0.25) is 5.82 Å². The molecular weight excluding hydrogens is 183 g/mol. The molecule has 0 aliphatic carbocycles. The molecule has 1 aliphatic rings. The van der Waals surface area contributed by atoms with Crippen molar-refractivity contribution in [3.05, 3.63) is 0 Å². The van der Waals surface area contributed by atoms with Gasteiger partial charge in [0.1, 0.15) is 0 Å². The third kappa shape index (κ3) is 2.56. The summed E-state index contributed by atoms with van der Waals surface area (Å²) >= 11 is 0. The van der Waals surface area contributed by atoms with Crippen LogP contribution in [0.15, 0.2) is 4.99 Å². The van der Waals surface area contributed by atoms with Gasteiger partial charge in [0.25, 0.3) is 0 Å². The van der Waals surface area contributed by atoms with E-state index in [-0.39, 0.29) is 0 Å². The van der Waals surface area contributed by atoms with E-state index in [1.54, 1.807) is 0 Å². The maximum Gasteiger partial charge on any atom is 0.0985 e. The minimum absolute atomic E-state index is 0.343. The van der Waals surface area contributed by atoms with E-state index in [4.69, 9.17) is 7.85 Å². The summed E-state index contributed by atoms with van der Waals surface area (Å²) < 4.78 is 0. The van der Waals surface area contributed by atoms with E-state index in [1.807, 2.05) is 7.05 Å². The summed E-state index contributed by atoms with van der Waals surface area (Å²) in [6, 6.07) is 0.576. The molecule has 0 saturated carbocycles. The molecule has 3 heteroatoms. The molecule has 3 atom stereocenters. The average molecular weight is 206 g/mol. The quantitative estimate of drug-likeness (QED) is 0.648. The maximum atomic E-state index is 6.20. The zero-order valence-corrected chi connectivity index (χ0v) is 10.5. The third-order valence-electron chi connectivity index (χ3n) is 3.80. The van der Waals surface area contributed by atoms with E-state index in [0.717, 1.165) is 19.3 Å². The molecule has 15 heavy (non-hydrogen) atoms. The second kappa shape index (κ2) is 5.57. The number of hydrogen-bond acceptors (Lipinski definition) is 1. The first-order chi connectivity index (χ1) is 7.15. The highest BCUT2D eigenvalue weighted by Crippen LogP contribution is 2.35.